The molecule has 1 heterocycles. The maximum Gasteiger partial charge on any atom is 0.257 e. The van der Waals surface area contributed by atoms with Crippen molar-refractivity contribution in [2.75, 3.05) is 26.3 Å². The quantitative estimate of drug-likeness (QED) is 0.788. The summed E-state index contributed by atoms with van der Waals surface area (Å²) < 4.78 is 5.75. The zero-order valence-electron chi connectivity index (χ0n) is 13.8. The molecule has 1 atom stereocenters. The SMILES string of the molecule is CCCCOc1ccccc1C(=O)N1CCCC(O)(CO)CC1. The Morgan fingerprint density at radius 2 is 2.09 bits per heavy atom. The number of hydrogen-bond acceptors (Lipinski definition) is 4. The van der Waals surface area contributed by atoms with Crippen LogP contribution in [-0.4, -0.2) is 52.9 Å². The van der Waals surface area contributed by atoms with E-state index in [1.165, 1.54) is 0 Å². The van der Waals surface area contributed by atoms with Crippen molar-refractivity contribution in [2.24, 2.45) is 0 Å². The standard InChI is InChI=1S/C18H27NO4/c1-2-3-13-23-16-8-5-4-7-15(16)17(21)19-11-6-9-18(22,14-20)10-12-19/h4-5,7-8,20,22H,2-3,6,9-14H2,1H3. The molecule has 1 amide bonds. The van der Waals surface area contributed by atoms with Crippen LogP contribution in [0, 0.1) is 0 Å². The molecule has 5 heteroatoms. The molecular weight excluding hydrogens is 294 g/mol. The van der Waals surface area contributed by atoms with Crippen LogP contribution >= 0.6 is 0 Å². The molecule has 1 aliphatic heterocycles. The fourth-order valence-corrected chi connectivity index (χ4v) is 2.81. The van der Waals surface area contributed by atoms with Crippen molar-refractivity contribution in [2.45, 2.75) is 44.6 Å². The van der Waals surface area contributed by atoms with E-state index in [1.807, 2.05) is 18.2 Å². The van der Waals surface area contributed by atoms with Gasteiger partial charge in [0.2, 0.25) is 0 Å². The minimum Gasteiger partial charge on any atom is -0.493 e. The van der Waals surface area contributed by atoms with Crippen LogP contribution in [0.3, 0.4) is 0 Å². The number of carbonyl (C=O) groups excluding carboxylic acids is 1. The Balaban J connectivity index is 2.08. The van der Waals surface area contributed by atoms with Gasteiger partial charge in [-0.05, 0) is 37.8 Å². The van der Waals surface area contributed by atoms with E-state index in [2.05, 4.69) is 6.92 Å². The summed E-state index contributed by atoms with van der Waals surface area (Å²) in [5.74, 6) is 0.548. The van der Waals surface area contributed by atoms with E-state index >= 15 is 0 Å². The lowest BCUT2D eigenvalue weighted by atomic mass is 9.96. The van der Waals surface area contributed by atoms with Crippen molar-refractivity contribution in [3.05, 3.63) is 29.8 Å². The number of amides is 1. The topological polar surface area (TPSA) is 70.0 Å². The molecule has 1 saturated heterocycles. The zero-order chi connectivity index (χ0) is 16.7. The minimum atomic E-state index is -1.06. The van der Waals surface area contributed by atoms with Crippen LogP contribution in [0.15, 0.2) is 24.3 Å². The summed E-state index contributed by atoms with van der Waals surface area (Å²) in [5, 5.41) is 19.5. The Morgan fingerprint density at radius 3 is 2.83 bits per heavy atom. The highest BCUT2D eigenvalue weighted by atomic mass is 16.5. The van der Waals surface area contributed by atoms with Gasteiger partial charge in [0, 0.05) is 13.1 Å². The summed E-state index contributed by atoms with van der Waals surface area (Å²) >= 11 is 0. The van der Waals surface area contributed by atoms with Gasteiger partial charge >= 0.3 is 0 Å². The molecule has 1 aliphatic rings. The Hall–Kier alpha value is -1.59. The molecule has 0 radical (unpaired) electrons. The smallest absolute Gasteiger partial charge is 0.257 e. The lowest BCUT2D eigenvalue weighted by Crippen LogP contribution is -2.36. The molecule has 128 valence electrons. The van der Waals surface area contributed by atoms with E-state index in [9.17, 15) is 15.0 Å². The van der Waals surface area contributed by atoms with Gasteiger partial charge in [0.05, 0.1) is 24.4 Å². The predicted octanol–water partition coefficient (Wildman–Crippen LogP) is 2.21. The molecule has 23 heavy (non-hydrogen) atoms. The lowest BCUT2D eigenvalue weighted by molar-refractivity contribution is -0.0250. The summed E-state index contributed by atoms with van der Waals surface area (Å²) in [4.78, 5) is 14.6. The van der Waals surface area contributed by atoms with Crippen molar-refractivity contribution >= 4 is 5.91 Å². The molecular formula is C18H27NO4. The number of carbonyl (C=O) groups is 1. The third-order valence-electron chi connectivity index (χ3n) is 4.37. The van der Waals surface area contributed by atoms with E-state index in [4.69, 9.17) is 4.74 Å². The molecule has 0 aliphatic carbocycles. The number of benzene rings is 1. The maximum absolute atomic E-state index is 12.8. The van der Waals surface area contributed by atoms with Crippen molar-refractivity contribution in [1.82, 2.24) is 4.90 Å². The maximum atomic E-state index is 12.8. The fourth-order valence-electron chi connectivity index (χ4n) is 2.81. The number of aliphatic hydroxyl groups is 2. The Morgan fingerprint density at radius 1 is 1.30 bits per heavy atom. The molecule has 2 N–H and O–H groups in total. The van der Waals surface area contributed by atoms with Gasteiger partial charge in [-0.1, -0.05) is 25.5 Å². The van der Waals surface area contributed by atoms with Gasteiger partial charge in [-0.3, -0.25) is 4.79 Å². The van der Waals surface area contributed by atoms with Gasteiger partial charge < -0.3 is 19.8 Å². The first-order valence-corrected chi connectivity index (χ1v) is 8.44. The van der Waals surface area contributed by atoms with E-state index in [1.54, 1.807) is 11.0 Å². The number of rotatable bonds is 6. The normalized spacial score (nSPS) is 21.8. The summed E-state index contributed by atoms with van der Waals surface area (Å²) in [5.41, 5.74) is -0.496. The largest absolute Gasteiger partial charge is 0.493 e. The van der Waals surface area contributed by atoms with Gasteiger partial charge in [-0.15, -0.1) is 0 Å². The average molecular weight is 321 g/mol. The molecule has 0 spiro atoms. The second kappa shape index (κ2) is 8.31. The summed E-state index contributed by atoms with van der Waals surface area (Å²) in [7, 11) is 0. The number of unbranched alkanes of at least 4 members (excludes halogenated alkanes) is 1. The average Bonchev–Trinajstić information content (AvgIpc) is 2.77. The first-order chi connectivity index (χ1) is 11.1. The first-order valence-electron chi connectivity index (χ1n) is 8.44. The first kappa shape index (κ1) is 17.8. The van der Waals surface area contributed by atoms with Gasteiger partial charge in [0.15, 0.2) is 0 Å². The number of aliphatic hydroxyl groups excluding tert-OH is 1. The number of para-hydroxylation sites is 1. The van der Waals surface area contributed by atoms with Crippen molar-refractivity contribution < 1.29 is 19.7 Å². The molecule has 0 saturated carbocycles. The Labute approximate surface area is 137 Å². The molecule has 1 aromatic carbocycles. The zero-order valence-corrected chi connectivity index (χ0v) is 13.8. The fraction of sp³-hybridized carbons (Fsp3) is 0.611. The lowest BCUT2D eigenvalue weighted by Gasteiger charge is -2.25. The molecule has 1 unspecified atom stereocenters. The highest BCUT2D eigenvalue weighted by Crippen LogP contribution is 2.25. The van der Waals surface area contributed by atoms with Crippen molar-refractivity contribution in [3.63, 3.8) is 0 Å². The number of hydrogen-bond donors (Lipinski definition) is 2. The highest BCUT2D eigenvalue weighted by Gasteiger charge is 2.31. The van der Waals surface area contributed by atoms with Crippen molar-refractivity contribution in [3.8, 4) is 5.75 Å². The predicted molar refractivity (Wildman–Crippen MR) is 88.6 cm³/mol. The number of nitrogens with zero attached hydrogens (tertiary/aromatic N) is 1. The van der Waals surface area contributed by atoms with Gasteiger partial charge in [-0.2, -0.15) is 0 Å². The highest BCUT2D eigenvalue weighted by molar-refractivity contribution is 5.97. The van der Waals surface area contributed by atoms with Crippen molar-refractivity contribution in [1.29, 1.82) is 0 Å². The number of likely N-dealkylation sites (tertiary alicyclic amines) is 1. The van der Waals surface area contributed by atoms with E-state index in [0.717, 1.165) is 12.8 Å². The minimum absolute atomic E-state index is 0.0701. The molecule has 0 bridgehead atoms. The molecule has 5 nitrogen and oxygen atoms in total. The van der Waals surface area contributed by atoms with Crippen LogP contribution in [0.1, 0.15) is 49.4 Å². The Kier molecular flexibility index (Phi) is 6.42. The van der Waals surface area contributed by atoms with Crippen LogP contribution in [0.25, 0.3) is 0 Å². The van der Waals surface area contributed by atoms with Gasteiger partial charge in [0.1, 0.15) is 5.75 Å². The number of ether oxygens (including phenoxy) is 1. The van der Waals surface area contributed by atoms with E-state index in [0.29, 0.717) is 50.3 Å². The Bertz CT molecular complexity index is 519. The molecule has 1 aromatic rings. The van der Waals surface area contributed by atoms with Crippen LogP contribution in [0.2, 0.25) is 0 Å². The van der Waals surface area contributed by atoms with E-state index < -0.39 is 5.60 Å². The summed E-state index contributed by atoms with van der Waals surface area (Å²) in [6.07, 6.45) is 3.59. The van der Waals surface area contributed by atoms with Crippen LogP contribution in [0.5, 0.6) is 5.75 Å². The summed E-state index contributed by atoms with van der Waals surface area (Å²) in [6.45, 7) is 3.47. The third-order valence-corrected chi connectivity index (χ3v) is 4.37. The third kappa shape index (κ3) is 4.69. The molecule has 1 fully saturated rings. The second-order valence-corrected chi connectivity index (χ2v) is 6.23. The second-order valence-electron chi connectivity index (χ2n) is 6.23. The monoisotopic (exact) mass is 321 g/mol. The van der Waals surface area contributed by atoms with Crippen LogP contribution < -0.4 is 4.74 Å². The van der Waals surface area contributed by atoms with E-state index in [-0.39, 0.29) is 12.5 Å². The molecule has 0 aromatic heterocycles. The molecule has 2 rings (SSSR count). The van der Waals surface area contributed by atoms with Crippen LogP contribution in [0.4, 0.5) is 0 Å². The van der Waals surface area contributed by atoms with Crippen LogP contribution in [-0.2, 0) is 0 Å². The van der Waals surface area contributed by atoms with Gasteiger partial charge in [0.25, 0.3) is 5.91 Å². The summed E-state index contributed by atoms with van der Waals surface area (Å²) in [6, 6.07) is 7.31. The van der Waals surface area contributed by atoms with Gasteiger partial charge in [-0.25, -0.2) is 0 Å².